The number of nitrogen functional groups attached to an aromatic ring is 1. The van der Waals surface area contributed by atoms with Crippen LogP contribution in [0.3, 0.4) is 0 Å². The number of benzene rings is 2. The van der Waals surface area contributed by atoms with Crippen LogP contribution >= 0.6 is 11.6 Å². The van der Waals surface area contributed by atoms with Crippen LogP contribution in [0.2, 0.25) is 5.02 Å². The molecule has 5 heteroatoms. The van der Waals surface area contributed by atoms with Crippen LogP contribution in [0, 0.1) is 0 Å². The maximum Gasteiger partial charge on any atom is 0.121 e. The topological polar surface area (TPSA) is 52.3 Å². The van der Waals surface area contributed by atoms with Crippen molar-refractivity contribution >= 4 is 28.1 Å². The highest BCUT2D eigenvalue weighted by Gasteiger charge is 2.07. The summed E-state index contributed by atoms with van der Waals surface area (Å²) < 4.78 is 17.4. The van der Waals surface area contributed by atoms with Crippen molar-refractivity contribution in [1.82, 2.24) is 0 Å². The Hall–Kier alpha value is -1.52. The van der Waals surface area contributed by atoms with Gasteiger partial charge >= 0.3 is 0 Å². The highest BCUT2D eigenvalue weighted by atomic mass is 35.5. The lowest BCUT2D eigenvalue weighted by Crippen LogP contribution is -1.98. The van der Waals surface area contributed by atoms with Crippen LogP contribution in [0.25, 0.3) is 0 Å². The predicted octanol–water partition coefficient (Wildman–Crippen LogP) is 3.24. The monoisotopic (exact) mass is 295 g/mol. The zero-order chi connectivity index (χ0) is 13.8. The summed E-state index contributed by atoms with van der Waals surface area (Å²) in [7, 11) is 0.417. The lowest BCUT2D eigenvalue weighted by atomic mass is 10.2. The number of hydrogen-bond donors (Lipinski definition) is 1. The number of anilines is 1. The van der Waals surface area contributed by atoms with E-state index in [9.17, 15) is 4.21 Å². The van der Waals surface area contributed by atoms with Gasteiger partial charge in [-0.1, -0.05) is 17.7 Å². The third-order valence-electron chi connectivity index (χ3n) is 2.58. The Kier molecular flexibility index (Phi) is 4.45. The van der Waals surface area contributed by atoms with Gasteiger partial charge in [-0.2, -0.15) is 0 Å². The fraction of sp³-hybridized carbons (Fsp3) is 0.143. The van der Waals surface area contributed by atoms with E-state index in [0.717, 1.165) is 5.56 Å². The van der Waals surface area contributed by atoms with Crippen LogP contribution in [-0.2, 0) is 16.6 Å². The average molecular weight is 296 g/mol. The second kappa shape index (κ2) is 6.08. The van der Waals surface area contributed by atoms with Gasteiger partial charge in [-0.15, -0.1) is 0 Å². The fourth-order valence-corrected chi connectivity index (χ4v) is 3.11. The van der Waals surface area contributed by atoms with Gasteiger partial charge in [0.1, 0.15) is 5.75 Å². The van der Waals surface area contributed by atoms with Crippen molar-refractivity contribution in [2.75, 3.05) is 12.8 Å². The highest BCUT2D eigenvalue weighted by Crippen LogP contribution is 2.22. The van der Waals surface area contributed by atoms with Crippen molar-refractivity contribution in [2.24, 2.45) is 0 Å². The lowest BCUT2D eigenvalue weighted by Gasteiger charge is -2.07. The molecule has 100 valence electrons. The van der Waals surface area contributed by atoms with Crippen LogP contribution in [-0.4, -0.2) is 11.3 Å². The van der Waals surface area contributed by atoms with Gasteiger partial charge in [-0.3, -0.25) is 4.21 Å². The largest absolute Gasteiger partial charge is 0.497 e. The van der Waals surface area contributed by atoms with E-state index < -0.39 is 10.8 Å². The summed E-state index contributed by atoms with van der Waals surface area (Å²) in [6, 6.07) is 12.4. The van der Waals surface area contributed by atoms with Gasteiger partial charge in [0.25, 0.3) is 0 Å². The third-order valence-corrected chi connectivity index (χ3v) is 4.19. The van der Waals surface area contributed by atoms with Gasteiger partial charge in [0.15, 0.2) is 0 Å². The Labute approximate surface area is 119 Å². The first-order valence-electron chi connectivity index (χ1n) is 5.66. The molecule has 1 atom stereocenters. The molecule has 1 unspecified atom stereocenters. The van der Waals surface area contributed by atoms with Crippen molar-refractivity contribution < 1.29 is 8.95 Å². The Balaban J connectivity index is 2.21. The molecule has 2 N–H and O–H groups in total. The first kappa shape index (κ1) is 13.9. The van der Waals surface area contributed by atoms with Crippen molar-refractivity contribution in [3.63, 3.8) is 0 Å². The van der Waals surface area contributed by atoms with Crippen molar-refractivity contribution in [2.45, 2.75) is 10.6 Å². The molecular weight excluding hydrogens is 282 g/mol. The van der Waals surface area contributed by atoms with Crippen LogP contribution in [0.4, 0.5) is 5.69 Å². The summed E-state index contributed by atoms with van der Waals surface area (Å²) >= 11 is 5.89. The second-order valence-electron chi connectivity index (χ2n) is 4.06. The van der Waals surface area contributed by atoms with E-state index in [0.29, 0.717) is 27.1 Å². The van der Waals surface area contributed by atoms with Crippen molar-refractivity contribution in [3.8, 4) is 5.75 Å². The van der Waals surface area contributed by atoms with E-state index in [1.807, 2.05) is 6.07 Å². The van der Waals surface area contributed by atoms with Crippen LogP contribution in [0.1, 0.15) is 5.56 Å². The summed E-state index contributed by atoms with van der Waals surface area (Å²) in [6.07, 6.45) is 0. The van der Waals surface area contributed by atoms with E-state index >= 15 is 0 Å². The highest BCUT2D eigenvalue weighted by molar-refractivity contribution is 7.84. The molecule has 0 heterocycles. The number of halogens is 1. The number of nitrogens with two attached hydrogens (primary N) is 1. The molecule has 0 spiro atoms. The summed E-state index contributed by atoms with van der Waals surface area (Å²) in [5.41, 5.74) is 7.24. The average Bonchev–Trinajstić information content (AvgIpc) is 2.38. The second-order valence-corrected chi connectivity index (χ2v) is 5.95. The van der Waals surface area contributed by atoms with E-state index in [-0.39, 0.29) is 0 Å². The zero-order valence-electron chi connectivity index (χ0n) is 10.4. The van der Waals surface area contributed by atoms with Gasteiger partial charge in [-0.25, -0.2) is 0 Å². The van der Waals surface area contributed by atoms with E-state index in [1.54, 1.807) is 43.5 Å². The molecule has 0 aliphatic heterocycles. The van der Waals surface area contributed by atoms with Crippen molar-refractivity contribution in [3.05, 3.63) is 53.1 Å². The van der Waals surface area contributed by atoms with Gasteiger partial charge in [0.05, 0.1) is 23.7 Å². The normalized spacial score (nSPS) is 12.1. The Morgan fingerprint density at radius 3 is 2.74 bits per heavy atom. The van der Waals surface area contributed by atoms with Crippen LogP contribution in [0.5, 0.6) is 5.75 Å². The number of ether oxygens (including phenoxy) is 1. The molecule has 2 aromatic rings. The number of rotatable bonds is 4. The molecule has 0 fully saturated rings. The number of methoxy groups -OCH3 is 1. The summed E-state index contributed by atoms with van der Waals surface area (Å²) in [5.74, 6) is 1.04. The number of hydrogen-bond acceptors (Lipinski definition) is 3. The van der Waals surface area contributed by atoms with Crippen LogP contribution < -0.4 is 10.5 Å². The molecule has 0 saturated carbocycles. The van der Waals surface area contributed by atoms with E-state index in [4.69, 9.17) is 22.1 Å². The first-order chi connectivity index (χ1) is 9.08. The lowest BCUT2D eigenvalue weighted by molar-refractivity contribution is 0.414. The molecule has 0 radical (unpaired) electrons. The molecule has 3 nitrogen and oxygen atoms in total. The molecule has 2 rings (SSSR count). The molecule has 0 saturated heterocycles. The van der Waals surface area contributed by atoms with Gasteiger partial charge in [0.2, 0.25) is 0 Å². The Bertz CT molecular complexity index is 616. The predicted molar refractivity (Wildman–Crippen MR) is 79.0 cm³/mol. The fourth-order valence-electron chi connectivity index (χ4n) is 1.73. The molecular formula is C14H14ClNO2S. The standard InChI is InChI=1S/C14H14ClNO2S/c1-18-13-6-10(5-12(16)8-13)9-19(17)14-4-2-3-11(15)7-14/h2-8H,9,16H2,1H3. The zero-order valence-corrected chi connectivity index (χ0v) is 12.0. The molecule has 0 aromatic heterocycles. The summed E-state index contributed by atoms with van der Waals surface area (Å²) in [5, 5.41) is 0.580. The molecule has 0 amide bonds. The molecule has 0 aliphatic carbocycles. The van der Waals surface area contributed by atoms with Gasteiger partial charge < -0.3 is 10.5 Å². The Morgan fingerprint density at radius 2 is 2.05 bits per heavy atom. The van der Waals surface area contributed by atoms with Crippen LogP contribution in [0.15, 0.2) is 47.4 Å². The maximum absolute atomic E-state index is 12.2. The first-order valence-corrected chi connectivity index (χ1v) is 7.35. The van der Waals surface area contributed by atoms with Crippen molar-refractivity contribution in [1.29, 1.82) is 0 Å². The minimum atomic E-state index is -1.16. The minimum absolute atomic E-state index is 0.377. The third kappa shape index (κ3) is 3.72. The van der Waals surface area contributed by atoms with E-state index in [2.05, 4.69) is 0 Å². The van der Waals surface area contributed by atoms with Gasteiger partial charge in [-0.05, 0) is 35.9 Å². The minimum Gasteiger partial charge on any atom is -0.497 e. The SMILES string of the molecule is COc1cc(N)cc(CS(=O)c2cccc(Cl)c2)c1. The molecule has 19 heavy (non-hydrogen) atoms. The molecule has 0 aliphatic rings. The molecule has 2 aromatic carbocycles. The quantitative estimate of drug-likeness (QED) is 0.881. The Morgan fingerprint density at radius 1 is 1.26 bits per heavy atom. The molecule has 0 bridgehead atoms. The summed E-state index contributed by atoms with van der Waals surface area (Å²) in [4.78, 5) is 0.703. The maximum atomic E-state index is 12.2. The van der Waals surface area contributed by atoms with E-state index in [1.165, 1.54) is 0 Å². The summed E-state index contributed by atoms with van der Waals surface area (Å²) in [6.45, 7) is 0. The van der Waals surface area contributed by atoms with Gasteiger partial charge in [0, 0.05) is 21.7 Å². The smallest absolute Gasteiger partial charge is 0.121 e.